The molecular formula is C13H14ClN3O2. The Kier molecular flexibility index (Phi) is 4.06. The highest BCUT2D eigenvalue weighted by Gasteiger charge is 2.14. The molecule has 100 valence electrons. The number of aliphatic carboxylic acids is 1. The second-order valence-electron chi connectivity index (χ2n) is 4.14. The minimum atomic E-state index is -0.885. The minimum absolute atomic E-state index is 0.0888. The Morgan fingerprint density at radius 2 is 2.11 bits per heavy atom. The Morgan fingerprint density at radius 3 is 2.63 bits per heavy atom. The first-order chi connectivity index (χ1) is 9.08. The Bertz CT molecular complexity index is 569. The number of hydrogen-bond acceptors (Lipinski definition) is 3. The fraction of sp³-hybridized carbons (Fsp3) is 0.231. The zero-order valence-corrected chi connectivity index (χ0v) is 11.2. The zero-order valence-electron chi connectivity index (χ0n) is 10.5. The molecule has 0 amide bonds. The summed E-state index contributed by atoms with van der Waals surface area (Å²) in [5.41, 5.74) is 0.837. The van der Waals surface area contributed by atoms with Crippen molar-refractivity contribution in [3.8, 4) is 0 Å². The average Bonchev–Trinajstić information content (AvgIpc) is 2.70. The number of imidazole rings is 1. The quantitative estimate of drug-likeness (QED) is 0.911. The van der Waals surface area contributed by atoms with Crippen molar-refractivity contribution in [3.05, 3.63) is 47.5 Å². The van der Waals surface area contributed by atoms with Gasteiger partial charge in [0, 0.05) is 12.7 Å². The lowest BCUT2D eigenvalue weighted by Gasteiger charge is -2.22. The van der Waals surface area contributed by atoms with Crippen LogP contribution in [-0.2, 0) is 18.4 Å². The maximum absolute atomic E-state index is 11.0. The summed E-state index contributed by atoms with van der Waals surface area (Å²) in [4.78, 5) is 16.9. The third-order valence-electron chi connectivity index (χ3n) is 2.81. The summed E-state index contributed by atoms with van der Waals surface area (Å²) in [6.07, 6.45) is 1.56. The van der Waals surface area contributed by atoms with Gasteiger partial charge in [0.15, 0.2) is 0 Å². The van der Waals surface area contributed by atoms with Gasteiger partial charge >= 0.3 is 5.97 Å². The number of rotatable bonds is 5. The van der Waals surface area contributed by atoms with Gasteiger partial charge in [-0.25, -0.2) is 4.98 Å². The number of nitrogens with zero attached hydrogens (tertiary/aromatic N) is 3. The van der Waals surface area contributed by atoms with E-state index in [1.807, 2.05) is 30.3 Å². The zero-order chi connectivity index (χ0) is 13.8. The maximum Gasteiger partial charge on any atom is 0.323 e. The van der Waals surface area contributed by atoms with Crippen molar-refractivity contribution in [3.63, 3.8) is 0 Å². The molecule has 0 saturated carbocycles. The van der Waals surface area contributed by atoms with Crippen LogP contribution in [0.4, 0.5) is 5.69 Å². The van der Waals surface area contributed by atoms with E-state index in [0.29, 0.717) is 11.7 Å². The van der Waals surface area contributed by atoms with Gasteiger partial charge in [-0.05, 0) is 12.1 Å². The van der Waals surface area contributed by atoms with Gasteiger partial charge in [-0.2, -0.15) is 0 Å². The van der Waals surface area contributed by atoms with Crippen LogP contribution in [0.2, 0.25) is 5.15 Å². The number of aromatic nitrogens is 2. The Labute approximate surface area is 116 Å². The van der Waals surface area contributed by atoms with E-state index in [-0.39, 0.29) is 6.54 Å². The molecule has 0 bridgehead atoms. The van der Waals surface area contributed by atoms with Gasteiger partial charge in [0.2, 0.25) is 0 Å². The molecule has 2 aromatic rings. The highest BCUT2D eigenvalue weighted by atomic mass is 35.5. The lowest BCUT2D eigenvalue weighted by Crippen LogP contribution is -2.30. The number of anilines is 1. The highest BCUT2D eigenvalue weighted by Crippen LogP contribution is 2.17. The number of halogens is 1. The van der Waals surface area contributed by atoms with Crippen LogP contribution >= 0.6 is 11.6 Å². The van der Waals surface area contributed by atoms with Gasteiger partial charge in [-0.3, -0.25) is 4.79 Å². The molecule has 0 spiro atoms. The molecule has 2 rings (SSSR count). The molecule has 1 aromatic carbocycles. The largest absolute Gasteiger partial charge is 0.480 e. The summed E-state index contributed by atoms with van der Waals surface area (Å²) in [6.45, 7) is 0.300. The van der Waals surface area contributed by atoms with Crippen LogP contribution in [0, 0.1) is 0 Å². The second kappa shape index (κ2) is 5.75. The van der Waals surface area contributed by atoms with Crippen LogP contribution in [-0.4, -0.2) is 27.2 Å². The van der Waals surface area contributed by atoms with Crippen molar-refractivity contribution in [2.45, 2.75) is 6.54 Å². The third kappa shape index (κ3) is 3.26. The van der Waals surface area contributed by atoms with Crippen molar-refractivity contribution >= 4 is 23.3 Å². The van der Waals surface area contributed by atoms with Crippen molar-refractivity contribution in [1.29, 1.82) is 0 Å². The minimum Gasteiger partial charge on any atom is -0.480 e. The lowest BCUT2D eigenvalue weighted by molar-refractivity contribution is -0.135. The fourth-order valence-electron chi connectivity index (χ4n) is 1.78. The summed E-state index contributed by atoms with van der Waals surface area (Å²) in [7, 11) is 1.80. The van der Waals surface area contributed by atoms with Crippen LogP contribution in [0.1, 0.15) is 5.82 Å². The molecule has 1 heterocycles. The molecule has 6 heteroatoms. The summed E-state index contributed by atoms with van der Waals surface area (Å²) >= 11 is 5.93. The number of carbonyl (C=O) groups is 1. The molecule has 0 atom stereocenters. The maximum atomic E-state index is 11.0. The monoisotopic (exact) mass is 279 g/mol. The van der Waals surface area contributed by atoms with Gasteiger partial charge in [-0.15, -0.1) is 0 Å². The average molecular weight is 280 g/mol. The Morgan fingerprint density at radius 1 is 1.42 bits per heavy atom. The van der Waals surface area contributed by atoms with E-state index in [9.17, 15) is 4.79 Å². The molecule has 1 N–H and O–H groups in total. The Hall–Kier alpha value is -2.01. The second-order valence-corrected chi connectivity index (χ2v) is 4.53. The van der Waals surface area contributed by atoms with E-state index in [0.717, 1.165) is 11.5 Å². The van der Waals surface area contributed by atoms with Crippen LogP contribution in [0.3, 0.4) is 0 Å². The van der Waals surface area contributed by atoms with Crippen LogP contribution in [0.15, 0.2) is 36.5 Å². The molecule has 0 aliphatic rings. The molecular weight excluding hydrogens is 266 g/mol. The molecule has 0 aliphatic heterocycles. The van der Waals surface area contributed by atoms with Gasteiger partial charge < -0.3 is 14.6 Å². The first-order valence-electron chi connectivity index (χ1n) is 5.76. The number of hydrogen-bond donors (Lipinski definition) is 1. The molecule has 0 radical (unpaired) electrons. The normalized spacial score (nSPS) is 10.4. The first kappa shape index (κ1) is 13.4. The van der Waals surface area contributed by atoms with Crippen LogP contribution in [0.5, 0.6) is 0 Å². The van der Waals surface area contributed by atoms with E-state index in [1.165, 1.54) is 0 Å². The van der Waals surface area contributed by atoms with E-state index in [1.54, 1.807) is 22.7 Å². The topological polar surface area (TPSA) is 58.4 Å². The first-order valence-corrected chi connectivity index (χ1v) is 6.13. The SMILES string of the molecule is Cn1c(Cl)cnc1CN(CC(=O)O)c1ccccc1. The molecule has 1 aromatic heterocycles. The summed E-state index contributed by atoms with van der Waals surface area (Å²) < 4.78 is 1.74. The van der Waals surface area contributed by atoms with Gasteiger partial charge in [0.1, 0.15) is 17.5 Å². The van der Waals surface area contributed by atoms with E-state index in [2.05, 4.69) is 4.98 Å². The predicted octanol–water partition coefficient (Wildman–Crippen LogP) is 2.16. The predicted molar refractivity (Wildman–Crippen MR) is 73.3 cm³/mol. The van der Waals surface area contributed by atoms with Crippen molar-refractivity contribution in [1.82, 2.24) is 9.55 Å². The van der Waals surface area contributed by atoms with Gasteiger partial charge in [0.25, 0.3) is 0 Å². The van der Waals surface area contributed by atoms with Gasteiger partial charge in [0.05, 0.1) is 12.7 Å². The standard InChI is InChI=1S/C13H14ClN3O2/c1-16-11(14)7-15-12(16)8-17(9-13(18)19)10-5-3-2-4-6-10/h2-7H,8-9H2,1H3,(H,18,19). The molecule has 0 fully saturated rings. The fourth-order valence-corrected chi connectivity index (χ4v) is 1.93. The number of carboxylic acid groups (broad SMARTS) is 1. The summed E-state index contributed by atoms with van der Waals surface area (Å²) in [5, 5.41) is 9.53. The van der Waals surface area contributed by atoms with E-state index >= 15 is 0 Å². The van der Waals surface area contributed by atoms with E-state index < -0.39 is 5.97 Å². The Balaban J connectivity index is 2.24. The molecule has 0 unspecified atom stereocenters. The molecule has 0 saturated heterocycles. The van der Waals surface area contributed by atoms with Gasteiger partial charge in [-0.1, -0.05) is 29.8 Å². The number of benzene rings is 1. The summed E-state index contributed by atoms with van der Waals surface area (Å²) in [5.74, 6) is -0.167. The molecule has 19 heavy (non-hydrogen) atoms. The lowest BCUT2D eigenvalue weighted by atomic mass is 10.3. The summed E-state index contributed by atoms with van der Waals surface area (Å²) in [6, 6.07) is 9.37. The molecule has 5 nitrogen and oxygen atoms in total. The number of carboxylic acids is 1. The molecule has 0 aliphatic carbocycles. The highest BCUT2D eigenvalue weighted by molar-refractivity contribution is 6.29. The smallest absolute Gasteiger partial charge is 0.323 e. The van der Waals surface area contributed by atoms with Crippen LogP contribution < -0.4 is 4.90 Å². The van der Waals surface area contributed by atoms with Crippen LogP contribution in [0.25, 0.3) is 0 Å². The van der Waals surface area contributed by atoms with Crippen molar-refractivity contribution in [2.75, 3.05) is 11.4 Å². The van der Waals surface area contributed by atoms with E-state index in [4.69, 9.17) is 16.7 Å². The number of para-hydroxylation sites is 1. The third-order valence-corrected chi connectivity index (χ3v) is 3.16. The van der Waals surface area contributed by atoms with Crippen molar-refractivity contribution in [2.24, 2.45) is 7.05 Å². The van der Waals surface area contributed by atoms with Crippen molar-refractivity contribution < 1.29 is 9.90 Å².